The monoisotopic (exact) mass is 499 g/mol. The molecule has 0 saturated carbocycles. The second kappa shape index (κ2) is 11.7. The van der Waals surface area contributed by atoms with Crippen molar-refractivity contribution in [1.82, 2.24) is 4.98 Å². The van der Waals surface area contributed by atoms with Gasteiger partial charge >= 0.3 is 5.97 Å². The lowest BCUT2D eigenvalue weighted by Crippen LogP contribution is -2.05. The van der Waals surface area contributed by atoms with Crippen molar-refractivity contribution in [1.29, 1.82) is 0 Å². The third-order valence-electron chi connectivity index (χ3n) is 4.86. The van der Waals surface area contributed by atoms with Crippen LogP contribution in [0.1, 0.15) is 35.8 Å². The van der Waals surface area contributed by atoms with E-state index in [1.54, 1.807) is 14.0 Å². The van der Waals surface area contributed by atoms with Gasteiger partial charge in [0.25, 0.3) is 0 Å². The van der Waals surface area contributed by atoms with Gasteiger partial charge in [0.05, 0.1) is 24.0 Å². The summed E-state index contributed by atoms with van der Waals surface area (Å²) in [6, 6.07) is 15.2. The third kappa shape index (κ3) is 5.79. The van der Waals surface area contributed by atoms with Crippen LogP contribution in [0.4, 0.5) is 0 Å². The minimum absolute atomic E-state index is 0. The number of carbonyl (C=O) groups is 1. The molecule has 0 amide bonds. The summed E-state index contributed by atoms with van der Waals surface area (Å²) in [5.74, 6) is 1.72. The quantitative estimate of drug-likeness (QED) is 0.184. The molecule has 4 aromatic rings. The van der Waals surface area contributed by atoms with E-state index in [9.17, 15) is 4.79 Å². The van der Waals surface area contributed by atoms with Crippen molar-refractivity contribution in [2.75, 3.05) is 13.7 Å². The third-order valence-corrected chi connectivity index (χ3v) is 6.21. The van der Waals surface area contributed by atoms with E-state index >= 15 is 0 Å². The number of nitrogens with zero attached hydrogens (tertiary/aromatic N) is 1. The summed E-state index contributed by atoms with van der Waals surface area (Å²) in [6.45, 7) is 2.74. The van der Waals surface area contributed by atoms with Crippen molar-refractivity contribution >= 4 is 39.0 Å². The molecule has 2 aromatic heterocycles. The number of rotatable bonds is 9. The van der Waals surface area contributed by atoms with Gasteiger partial charge in [-0.25, -0.2) is 9.78 Å². The first-order valence-electron chi connectivity index (χ1n) is 10.3. The van der Waals surface area contributed by atoms with Crippen LogP contribution in [-0.4, -0.2) is 24.7 Å². The summed E-state index contributed by atoms with van der Waals surface area (Å²) in [5.41, 5.74) is 2.26. The average molecular weight is 500 g/mol. The zero-order valence-corrected chi connectivity index (χ0v) is 19.7. The van der Waals surface area contributed by atoms with Crippen LogP contribution >= 0.6 is 22.9 Å². The minimum Gasteiger partial charge on any atom is -0.497 e. The summed E-state index contributed by atoms with van der Waals surface area (Å²) in [7, 11) is 1.64. The number of hydrogen-bond acceptors (Lipinski definition) is 7. The Morgan fingerprint density at radius 3 is 2.47 bits per heavy atom. The fourth-order valence-corrected chi connectivity index (χ4v) is 4.64. The fraction of sp³-hybridized carbons (Fsp3) is 0.231. The molecule has 2 aromatic carbocycles. The Hall–Kier alpha value is -3.29. The number of methoxy groups -OCH3 is 1. The molecule has 0 N–H and O–H groups in total. The maximum Gasteiger partial charge on any atom is 0.341 e. The van der Waals surface area contributed by atoms with E-state index in [2.05, 4.69) is 4.98 Å². The number of pyridine rings is 1. The Balaban J connectivity index is 0.00000324. The lowest BCUT2D eigenvalue weighted by Gasteiger charge is -2.10. The number of aromatic nitrogens is 1. The molecule has 0 fully saturated rings. The molecule has 0 spiro atoms. The number of thiophene rings is 1. The molecule has 0 saturated heterocycles. The number of esters is 1. The molecule has 0 aliphatic heterocycles. The number of carbonyl (C=O) groups excluding carboxylic acids is 1. The van der Waals surface area contributed by atoms with E-state index < -0.39 is 5.97 Å². The first-order chi connectivity index (χ1) is 16.1. The van der Waals surface area contributed by atoms with Gasteiger partial charge in [0, 0.05) is 23.2 Å². The molecule has 4 rings (SSSR count). The Labute approximate surface area is 208 Å². The molecule has 0 aliphatic rings. The highest BCUT2D eigenvalue weighted by molar-refractivity contribution is 7.17. The molecular formula is C26H26ClNO5S. The molecule has 0 radical (unpaired) electrons. The van der Waals surface area contributed by atoms with Gasteiger partial charge in [-0.2, -0.15) is 0 Å². The Kier molecular flexibility index (Phi) is 8.73. The average Bonchev–Trinajstić information content (AvgIpc) is 3.27. The van der Waals surface area contributed by atoms with Crippen molar-refractivity contribution in [2.45, 2.75) is 27.6 Å². The van der Waals surface area contributed by atoms with Gasteiger partial charge < -0.3 is 18.9 Å². The zero-order valence-electron chi connectivity index (χ0n) is 18.2. The van der Waals surface area contributed by atoms with Crippen molar-refractivity contribution in [2.24, 2.45) is 0 Å². The van der Waals surface area contributed by atoms with Gasteiger partial charge in [-0.1, -0.05) is 37.2 Å². The first-order valence-corrected chi connectivity index (χ1v) is 11.5. The highest BCUT2D eigenvalue weighted by Crippen LogP contribution is 2.34. The molecule has 0 bridgehead atoms. The summed E-state index contributed by atoms with van der Waals surface area (Å²) in [6.07, 6.45) is 1.45. The van der Waals surface area contributed by atoms with Crippen LogP contribution in [0.2, 0.25) is 5.15 Å². The van der Waals surface area contributed by atoms with Crippen LogP contribution < -0.4 is 14.2 Å². The molecule has 0 aliphatic carbocycles. The van der Waals surface area contributed by atoms with E-state index in [1.807, 2.05) is 53.9 Å². The summed E-state index contributed by atoms with van der Waals surface area (Å²) >= 11 is 7.76. The molecular weight excluding hydrogens is 474 g/mol. The maximum atomic E-state index is 12.2. The van der Waals surface area contributed by atoms with Gasteiger partial charge in [0.15, 0.2) is 0 Å². The van der Waals surface area contributed by atoms with Crippen LogP contribution in [0.3, 0.4) is 0 Å². The predicted octanol–water partition coefficient (Wildman–Crippen LogP) is 6.93. The van der Waals surface area contributed by atoms with Crippen molar-refractivity contribution in [3.63, 3.8) is 0 Å². The molecule has 178 valence electrons. The number of benzene rings is 2. The number of hydrogen-bond donors (Lipinski definition) is 0. The van der Waals surface area contributed by atoms with Crippen LogP contribution in [0.5, 0.6) is 17.2 Å². The maximum absolute atomic E-state index is 12.2. The minimum atomic E-state index is -0.415. The zero-order chi connectivity index (χ0) is 23.2. The van der Waals surface area contributed by atoms with Gasteiger partial charge in [0.2, 0.25) is 0 Å². The molecule has 6 nitrogen and oxygen atoms in total. The fourth-order valence-electron chi connectivity index (χ4n) is 3.27. The van der Waals surface area contributed by atoms with E-state index in [0.29, 0.717) is 40.8 Å². The van der Waals surface area contributed by atoms with Crippen molar-refractivity contribution < 1.29 is 23.7 Å². The Morgan fingerprint density at radius 2 is 1.74 bits per heavy atom. The lowest BCUT2D eigenvalue weighted by molar-refractivity contribution is 0.0528. The SMILES string of the molecule is C.CCOC(=O)c1cnc(Cl)c2c(COc3cccc(OCc4cccc(OC)c4)c3)csc12. The van der Waals surface area contributed by atoms with Crippen LogP contribution in [0.15, 0.2) is 60.1 Å². The van der Waals surface area contributed by atoms with Gasteiger partial charge in [-0.05, 0) is 42.1 Å². The Bertz CT molecular complexity index is 1270. The molecule has 0 atom stereocenters. The summed E-state index contributed by atoms with van der Waals surface area (Å²) in [5, 5.41) is 2.95. The van der Waals surface area contributed by atoms with Gasteiger partial charge in [0.1, 0.15) is 35.6 Å². The number of halogens is 1. The lowest BCUT2D eigenvalue weighted by atomic mass is 10.2. The summed E-state index contributed by atoms with van der Waals surface area (Å²) < 4.78 is 23.0. The standard InChI is InChI=1S/C25H22ClNO5S.CH4/c1-3-30-25(28)21-12-27-24(26)22-17(15-33-23(21)22)14-32-20-9-5-8-19(11-20)31-13-16-6-4-7-18(10-16)29-2;/h4-12,15H,3,13-14H2,1-2H3;1H4. The number of fused-ring (bicyclic) bond motifs is 1. The van der Waals surface area contributed by atoms with Crippen molar-refractivity contribution in [3.8, 4) is 17.2 Å². The van der Waals surface area contributed by atoms with Gasteiger partial charge in [-0.15, -0.1) is 11.3 Å². The second-order valence-electron chi connectivity index (χ2n) is 7.05. The Morgan fingerprint density at radius 1 is 1.03 bits per heavy atom. The van der Waals surface area contributed by atoms with Crippen LogP contribution in [0.25, 0.3) is 10.1 Å². The predicted molar refractivity (Wildman–Crippen MR) is 135 cm³/mol. The molecule has 0 unspecified atom stereocenters. The normalized spacial score (nSPS) is 10.4. The van der Waals surface area contributed by atoms with Gasteiger partial charge in [-0.3, -0.25) is 0 Å². The van der Waals surface area contributed by atoms with E-state index in [1.165, 1.54) is 17.5 Å². The van der Waals surface area contributed by atoms with E-state index in [-0.39, 0.29) is 14.0 Å². The molecule has 2 heterocycles. The topological polar surface area (TPSA) is 66.9 Å². The first kappa shape index (κ1) is 25.3. The largest absolute Gasteiger partial charge is 0.497 e. The highest BCUT2D eigenvalue weighted by atomic mass is 35.5. The van der Waals surface area contributed by atoms with E-state index in [0.717, 1.165) is 21.6 Å². The second-order valence-corrected chi connectivity index (χ2v) is 8.29. The summed E-state index contributed by atoms with van der Waals surface area (Å²) in [4.78, 5) is 16.4. The highest BCUT2D eigenvalue weighted by Gasteiger charge is 2.18. The van der Waals surface area contributed by atoms with E-state index in [4.69, 9.17) is 30.5 Å². The van der Waals surface area contributed by atoms with Crippen molar-refractivity contribution in [3.05, 3.63) is 82.0 Å². The van der Waals surface area contributed by atoms with Crippen LogP contribution in [0, 0.1) is 0 Å². The molecule has 34 heavy (non-hydrogen) atoms. The molecule has 8 heteroatoms. The van der Waals surface area contributed by atoms with Crippen LogP contribution in [-0.2, 0) is 18.0 Å². The smallest absolute Gasteiger partial charge is 0.341 e. The number of ether oxygens (including phenoxy) is 4.